The van der Waals surface area contributed by atoms with Crippen molar-refractivity contribution in [3.8, 4) is 0 Å². The summed E-state index contributed by atoms with van der Waals surface area (Å²) in [6.07, 6.45) is 0. The van der Waals surface area contributed by atoms with Crippen LogP contribution in [0, 0.1) is 24.0 Å². The van der Waals surface area contributed by atoms with E-state index in [9.17, 15) is 14.9 Å². The Bertz CT molecular complexity index is 1100. The normalized spacial score (nSPS) is 11.9. The fourth-order valence-corrected chi connectivity index (χ4v) is 3.90. The molecule has 0 aliphatic rings. The average molecular weight is 385 g/mol. The maximum Gasteiger partial charge on any atom is 0.286 e. The van der Waals surface area contributed by atoms with Crippen LogP contribution in [-0.2, 0) is 11.3 Å². The maximum absolute atomic E-state index is 12.7. The molecular weight excluding hydrogens is 366 g/mol. The number of ether oxygens (including phenoxy) is 1. The Morgan fingerprint density at radius 3 is 2.67 bits per heavy atom. The predicted molar refractivity (Wildman–Crippen MR) is 104 cm³/mol. The van der Waals surface area contributed by atoms with E-state index in [1.54, 1.807) is 13.2 Å². The van der Waals surface area contributed by atoms with Crippen LogP contribution in [-0.4, -0.2) is 29.1 Å². The van der Waals surface area contributed by atoms with Gasteiger partial charge in [0.25, 0.3) is 11.6 Å². The number of nitro benzene ring substituents is 1. The van der Waals surface area contributed by atoms with Crippen molar-refractivity contribution in [2.75, 3.05) is 13.7 Å². The number of nitrogens with zero attached hydrogens (tertiary/aromatic N) is 3. The second-order valence-electron chi connectivity index (χ2n) is 6.12. The summed E-state index contributed by atoms with van der Waals surface area (Å²) in [5.74, 6) is -0.631. The zero-order valence-electron chi connectivity index (χ0n) is 15.3. The topological polar surface area (TPSA) is 86.7 Å². The number of methoxy groups -OCH3 is 1. The molecule has 0 aliphatic carbocycles. The highest BCUT2D eigenvalue weighted by Gasteiger charge is 2.19. The van der Waals surface area contributed by atoms with Gasteiger partial charge in [-0.2, -0.15) is 4.99 Å². The molecule has 1 aromatic heterocycles. The molecule has 0 aliphatic heterocycles. The Balaban J connectivity index is 2.18. The number of carbonyl (C=O) groups is 1. The molecule has 0 spiro atoms. The van der Waals surface area contributed by atoms with Gasteiger partial charge < -0.3 is 9.30 Å². The zero-order valence-corrected chi connectivity index (χ0v) is 16.1. The molecule has 140 valence electrons. The summed E-state index contributed by atoms with van der Waals surface area (Å²) in [4.78, 5) is 28.0. The van der Waals surface area contributed by atoms with Crippen LogP contribution in [0.5, 0.6) is 0 Å². The molecule has 0 atom stereocenters. The van der Waals surface area contributed by atoms with Gasteiger partial charge in [-0.15, -0.1) is 0 Å². The lowest BCUT2D eigenvalue weighted by Crippen LogP contribution is -2.19. The minimum Gasteiger partial charge on any atom is -0.383 e. The molecule has 0 fully saturated rings. The lowest BCUT2D eigenvalue weighted by molar-refractivity contribution is -0.385. The lowest BCUT2D eigenvalue weighted by Gasteiger charge is -2.06. The second-order valence-corrected chi connectivity index (χ2v) is 7.13. The number of hydrogen-bond donors (Lipinski definition) is 0. The standard InChI is InChI=1S/C19H19N3O4S/c1-12-10-16-17(11-13(12)2)27-19(21(16)8-9-26-3)20-18(23)14-6-4-5-7-15(14)22(24)25/h4-7,10-11H,8-9H2,1-3H3. The molecule has 3 rings (SSSR count). The van der Waals surface area contributed by atoms with Gasteiger partial charge in [0.05, 0.1) is 21.7 Å². The van der Waals surface area contributed by atoms with Crippen LogP contribution in [0.4, 0.5) is 5.69 Å². The third-order valence-corrected chi connectivity index (χ3v) is 5.39. The highest BCUT2D eigenvalue weighted by molar-refractivity contribution is 7.16. The fraction of sp³-hybridized carbons (Fsp3) is 0.263. The quantitative estimate of drug-likeness (QED) is 0.496. The minimum atomic E-state index is -0.631. The predicted octanol–water partition coefficient (Wildman–Crippen LogP) is 3.62. The van der Waals surface area contributed by atoms with Crippen molar-refractivity contribution in [1.82, 2.24) is 4.57 Å². The van der Waals surface area contributed by atoms with Crippen molar-refractivity contribution >= 4 is 33.1 Å². The Hall–Kier alpha value is -2.84. The zero-order chi connectivity index (χ0) is 19.6. The first-order valence-corrected chi connectivity index (χ1v) is 9.16. The Kier molecular flexibility index (Phi) is 5.48. The van der Waals surface area contributed by atoms with Crippen LogP contribution in [0.2, 0.25) is 0 Å². The number of para-hydroxylation sites is 1. The minimum absolute atomic E-state index is 0.0226. The highest BCUT2D eigenvalue weighted by atomic mass is 32.1. The van der Waals surface area contributed by atoms with Crippen LogP contribution in [0.3, 0.4) is 0 Å². The van der Waals surface area contributed by atoms with E-state index in [1.807, 2.05) is 18.4 Å². The van der Waals surface area contributed by atoms with Gasteiger partial charge in [0.15, 0.2) is 4.80 Å². The summed E-state index contributed by atoms with van der Waals surface area (Å²) in [7, 11) is 1.61. The molecule has 8 heteroatoms. The van der Waals surface area contributed by atoms with Crippen LogP contribution in [0.1, 0.15) is 21.5 Å². The second kappa shape index (κ2) is 7.81. The molecule has 0 saturated carbocycles. The van der Waals surface area contributed by atoms with Crippen molar-refractivity contribution in [1.29, 1.82) is 0 Å². The van der Waals surface area contributed by atoms with Crippen LogP contribution >= 0.6 is 11.3 Å². The van der Waals surface area contributed by atoms with E-state index in [2.05, 4.69) is 17.1 Å². The monoisotopic (exact) mass is 385 g/mol. The third-order valence-electron chi connectivity index (χ3n) is 4.35. The molecule has 0 unspecified atom stereocenters. The highest BCUT2D eigenvalue weighted by Crippen LogP contribution is 2.23. The summed E-state index contributed by atoms with van der Waals surface area (Å²) in [5, 5.41) is 11.2. The lowest BCUT2D eigenvalue weighted by atomic mass is 10.1. The number of thiazole rings is 1. The van der Waals surface area contributed by atoms with Gasteiger partial charge in [-0.1, -0.05) is 23.5 Å². The fourth-order valence-electron chi connectivity index (χ4n) is 2.77. The van der Waals surface area contributed by atoms with Gasteiger partial charge in [0.1, 0.15) is 5.56 Å². The van der Waals surface area contributed by atoms with E-state index >= 15 is 0 Å². The average Bonchev–Trinajstić information content (AvgIpc) is 2.96. The molecule has 7 nitrogen and oxygen atoms in total. The molecule has 0 N–H and O–H groups in total. The SMILES string of the molecule is COCCn1c(=NC(=O)c2ccccc2[N+](=O)[O-])sc2cc(C)c(C)cc21. The van der Waals surface area contributed by atoms with Gasteiger partial charge in [-0.05, 0) is 43.2 Å². The molecule has 0 saturated heterocycles. The first-order valence-electron chi connectivity index (χ1n) is 8.34. The third kappa shape index (κ3) is 3.81. The number of hydrogen-bond acceptors (Lipinski definition) is 5. The van der Waals surface area contributed by atoms with Gasteiger partial charge in [0.2, 0.25) is 0 Å². The van der Waals surface area contributed by atoms with Gasteiger partial charge in [-0.3, -0.25) is 14.9 Å². The summed E-state index contributed by atoms with van der Waals surface area (Å²) in [6.45, 7) is 5.05. The molecule has 0 radical (unpaired) electrons. The Morgan fingerprint density at radius 2 is 1.96 bits per heavy atom. The number of carbonyl (C=O) groups excluding carboxylic acids is 1. The Labute approximate surface area is 159 Å². The van der Waals surface area contributed by atoms with E-state index in [-0.39, 0.29) is 11.3 Å². The summed E-state index contributed by atoms with van der Waals surface area (Å²) in [5.41, 5.74) is 2.99. The first-order chi connectivity index (χ1) is 12.9. The van der Waals surface area contributed by atoms with Crippen molar-refractivity contribution in [2.45, 2.75) is 20.4 Å². The molecular formula is C19H19N3O4S. The molecule has 27 heavy (non-hydrogen) atoms. The van der Waals surface area contributed by atoms with E-state index in [1.165, 1.54) is 29.5 Å². The molecule has 2 aromatic carbocycles. The van der Waals surface area contributed by atoms with Crippen molar-refractivity contribution in [3.05, 3.63) is 68.0 Å². The number of nitro groups is 1. The van der Waals surface area contributed by atoms with E-state index in [0.29, 0.717) is 18.0 Å². The first kappa shape index (κ1) is 18.9. The van der Waals surface area contributed by atoms with Crippen LogP contribution < -0.4 is 4.80 Å². The smallest absolute Gasteiger partial charge is 0.286 e. The van der Waals surface area contributed by atoms with E-state index < -0.39 is 10.8 Å². The number of aromatic nitrogens is 1. The molecule has 1 amide bonds. The van der Waals surface area contributed by atoms with Crippen LogP contribution in [0.25, 0.3) is 10.2 Å². The van der Waals surface area contributed by atoms with Crippen molar-refractivity contribution < 1.29 is 14.5 Å². The largest absolute Gasteiger partial charge is 0.383 e. The maximum atomic E-state index is 12.7. The Morgan fingerprint density at radius 1 is 1.26 bits per heavy atom. The van der Waals surface area contributed by atoms with Crippen molar-refractivity contribution in [2.24, 2.45) is 4.99 Å². The summed E-state index contributed by atoms with van der Waals surface area (Å²) >= 11 is 1.38. The van der Waals surface area contributed by atoms with Gasteiger partial charge in [0, 0.05) is 19.7 Å². The van der Waals surface area contributed by atoms with Crippen LogP contribution in [0.15, 0.2) is 41.4 Å². The number of benzene rings is 2. The summed E-state index contributed by atoms with van der Waals surface area (Å²) in [6, 6.07) is 9.97. The van der Waals surface area contributed by atoms with Gasteiger partial charge >= 0.3 is 0 Å². The van der Waals surface area contributed by atoms with E-state index in [4.69, 9.17) is 4.74 Å². The van der Waals surface area contributed by atoms with Crippen molar-refractivity contribution in [3.63, 3.8) is 0 Å². The molecule has 0 bridgehead atoms. The molecule has 3 aromatic rings. The number of rotatable bonds is 5. The number of amides is 1. The van der Waals surface area contributed by atoms with E-state index in [0.717, 1.165) is 21.3 Å². The summed E-state index contributed by atoms with van der Waals surface area (Å²) < 4.78 is 8.10. The molecule has 1 heterocycles. The number of aryl methyl sites for hydroxylation is 2. The van der Waals surface area contributed by atoms with Gasteiger partial charge in [-0.25, -0.2) is 0 Å². The number of fused-ring (bicyclic) bond motifs is 1.